The van der Waals surface area contributed by atoms with Crippen LogP contribution in [0.15, 0.2) is 18.2 Å². The summed E-state index contributed by atoms with van der Waals surface area (Å²) in [7, 11) is 0. The van der Waals surface area contributed by atoms with Crippen molar-refractivity contribution >= 4 is 16.6 Å². The molecule has 0 unspecified atom stereocenters. The van der Waals surface area contributed by atoms with E-state index in [2.05, 4.69) is 10.3 Å². The van der Waals surface area contributed by atoms with E-state index in [1.54, 1.807) is 0 Å². The van der Waals surface area contributed by atoms with E-state index in [-0.39, 0.29) is 16.6 Å². The fraction of sp³-hybridized carbons (Fsp3) is 0.308. The highest BCUT2D eigenvalue weighted by atomic mass is 19.3. The number of alkyl halides is 2. The quantitative estimate of drug-likeness (QED) is 0.840. The highest BCUT2D eigenvalue weighted by Crippen LogP contribution is 2.31. The Hall–Kier alpha value is -1.85. The molecule has 0 fully saturated rings. The molecule has 0 saturated carbocycles. The van der Waals surface area contributed by atoms with Gasteiger partial charge in [0.2, 0.25) is 0 Å². The highest BCUT2D eigenvalue weighted by molar-refractivity contribution is 5.92. The maximum atomic E-state index is 13.8. The summed E-state index contributed by atoms with van der Waals surface area (Å²) < 4.78 is 52.8. The summed E-state index contributed by atoms with van der Waals surface area (Å²) in [6.45, 7) is 2.35. The zero-order valence-electron chi connectivity index (χ0n) is 10.2. The molecule has 0 saturated heterocycles. The molecule has 0 amide bonds. The van der Waals surface area contributed by atoms with Crippen molar-refractivity contribution in [2.24, 2.45) is 0 Å². The Morgan fingerprint density at radius 2 is 1.89 bits per heavy atom. The van der Waals surface area contributed by atoms with Crippen LogP contribution in [-0.4, -0.2) is 11.5 Å². The molecule has 2 aromatic rings. The van der Waals surface area contributed by atoms with Crippen molar-refractivity contribution in [3.63, 3.8) is 0 Å². The van der Waals surface area contributed by atoms with Gasteiger partial charge in [-0.15, -0.1) is 0 Å². The number of anilines is 1. The predicted molar refractivity (Wildman–Crippen MR) is 65.4 cm³/mol. The normalized spacial score (nSPS) is 11.3. The van der Waals surface area contributed by atoms with Crippen LogP contribution in [0.4, 0.5) is 23.2 Å². The summed E-state index contributed by atoms with van der Waals surface area (Å²) in [6.07, 6.45) is -2.11. The van der Waals surface area contributed by atoms with Crippen molar-refractivity contribution < 1.29 is 17.6 Å². The summed E-state index contributed by atoms with van der Waals surface area (Å²) in [5, 5.41) is 2.72. The van der Waals surface area contributed by atoms with Crippen LogP contribution in [0.3, 0.4) is 0 Å². The second-order valence-electron chi connectivity index (χ2n) is 4.07. The summed E-state index contributed by atoms with van der Waals surface area (Å²) in [6, 6.07) is 2.90. The first-order chi connectivity index (χ1) is 9.04. The van der Waals surface area contributed by atoms with Gasteiger partial charge in [-0.3, -0.25) is 0 Å². The average molecular weight is 272 g/mol. The minimum absolute atomic E-state index is 0.0992. The van der Waals surface area contributed by atoms with Gasteiger partial charge in [0.25, 0.3) is 6.43 Å². The first-order valence-electron chi connectivity index (χ1n) is 5.85. The van der Waals surface area contributed by atoms with Crippen molar-refractivity contribution in [3.8, 4) is 0 Å². The lowest BCUT2D eigenvalue weighted by Crippen LogP contribution is -2.05. The van der Waals surface area contributed by atoms with Crippen LogP contribution >= 0.6 is 0 Å². The van der Waals surface area contributed by atoms with Gasteiger partial charge in [0.05, 0.1) is 5.39 Å². The molecule has 2 rings (SSSR count). The Balaban J connectivity index is 2.70. The number of aromatic nitrogens is 1. The van der Waals surface area contributed by atoms with E-state index < -0.39 is 23.8 Å². The Morgan fingerprint density at radius 1 is 1.21 bits per heavy atom. The van der Waals surface area contributed by atoms with E-state index in [0.29, 0.717) is 6.54 Å². The van der Waals surface area contributed by atoms with Gasteiger partial charge in [0.1, 0.15) is 22.8 Å². The molecule has 0 spiro atoms. The van der Waals surface area contributed by atoms with Gasteiger partial charge in [-0.05, 0) is 24.6 Å². The predicted octanol–water partition coefficient (Wildman–Crippen LogP) is 4.27. The number of nitrogens with zero attached hydrogens (tertiary/aromatic N) is 1. The lowest BCUT2D eigenvalue weighted by Gasteiger charge is -2.12. The summed E-state index contributed by atoms with van der Waals surface area (Å²) in [5.74, 6) is -1.51. The summed E-state index contributed by atoms with van der Waals surface area (Å²) in [5.41, 5.74) is -0.814. The van der Waals surface area contributed by atoms with Gasteiger partial charge in [-0.2, -0.15) is 0 Å². The molecule has 0 radical (unpaired) electrons. The third kappa shape index (κ3) is 2.62. The highest BCUT2D eigenvalue weighted by Gasteiger charge is 2.17. The van der Waals surface area contributed by atoms with Crippen molar-refractivity contribution in [1.29, 1.82) is 0 Å². The minimum Gasteiger partial charge on any atom is -0.384 e. The molecule has 6 heteroatoms. The van der Waals surface area contributed by atoms with Gasteiger partial charge in [0.15, 0.2) is 0 Å². The monoisotopic (exact) mass is 272 g/mol. The molecular formula is C13H12F4N2. The average Bonchev–Trinajstić information content (AvgIpc) is 2.39. The lowest BCUT2D eigenvalue weighted by molar-refractivity contribution is 0.146. The second-order valence-corrected chi connectivity index (χ2v) is 4.07. The van der Waals surface area contributed by atoms with Gasteiger partial charge >= 0.3 is 0 Å². The van der Waals surface area contributed by atoms with Crippen molar-refractivity contribution in [2.75, 3.05) is 11.9 Å². The SMILES string of the molecule is CCCNc1cc(C(F)F)nc2c(F)ccc(F)c12. The van der Waals surface area contributed by atoms with Crippen molar-refractivity contribution in [3.05, 3.63) is 35.5 Å². The molecule has 0 aliphatic carbocycles. The van der Waals surface area contributed by atoms with Gasteiger partial charge in [-0.25, -0.2) is 22.5 Å². The van der Waals surface area contributed by atoms with Gasteiger partial charge < -0.3 is 5.32 Å². The van der Waals surface area contributed by atoms with E-state index in [0.717, 1.165) is 24.6 Å². The van der Waals surface area contributed by atoms with Crippen LogP contribution in [0.25, 0.3) is 10.9 Å². The van der Waals surface area contributed by atoms with Crippen LogP contribution in [0.5, 0.6) is 0 Å². The van der Waals surface area contributed by atoms with Crippen molar-refractivity contribution in [1.82, 2.24) is 4.98 Å². The Kier molecular flexibility index (Phi) is 3.87. The molecule has 1 aromatic heterocycles. The van der Waals surface area contributed by atoms with Crippen LogP contribution in [0.2, 0.25) is 0 Å². The molecule has 1 heterocycles. The number of rotatable bonds is 4. The summed E-state index contributed by atoms with van der Waals surface area (Å²) in [4.78, 5) is 3.50. The van der Waals surface area contributed by atoms with E-state index in [1.165, 1.54) is 0 Å². The molecule has 0 aliphatic rings. The van der Waals surface area contributed by atoms with Crippen LogP contribution in [-0.2, 0) is 0 Å². The van der Waals surface area contributed by atoms with Gasteiger partial charge in [0, 0.05) is 12.2 Å². The standard InChI is InChI=1S/C13H12F4N2/c1-2-5-18-9-6-10(13(16)17)19-12-8(15)4-3-7(14)11(9)12/h3-4,6,13H,2,5H2,1H3,(H,18,19). The topological polar surface area (TPSA) is 24.9 Å². The second kappa shape index (κ2) is 5.42. The molecule has 1 aromatic carbocycles. The van der Waals surface area contributed by atoms with Crippen LogP contribution < -0.4 is 5.32 Å². The first kappa shape index (κ1) is 13.6. The maximum Gasteiger partial charge on any atom is 0.280 e. The number of halogens is 4. The first-order valence-corrected chi connectivity index (χ1v) is 5.85. The Bertz CT molecular complexity index is 599. The van der Waals surface area contributed by atoms with E-state index in [9.17, 15) is 17.6 Å². The fourth-order valence-corrected chi connectivity index (χ4v) is 1.80. The van der Waals surface area contributed by atoms with E-state index in [4.69, 9.17) is 0 Å². The Morgan fingerprint density at radius 3 is 2.53 bits per heavy atom. The zero-order valence-corrected chi connectivity index (χ0v) is 10.2. The molecule has 102 valence electrons. The fourth-order valence-electron chi connectivity index (χ4n) is 1.80. The number of pyridine rings is 1. The minimum atomic E-state index is -2.84. The zero-order chi connectivity index (χ0) is 14.0. The molecule has 0 atom stereocenters. The van der Waals surface area contributed by atoms with E-state index in [1.807, 2.05) is 6.92 Å². The molecule has 0 bridgehead atoms. The maximum absolute atomic E-state index is 13.8. The largest absolute Gasteiger partial charge is 0.384 e. The third-order valence-electron chi connectivity index (χ3n) is 2.67. The summed E-state index contributed by atoms with van der Waals surface area (Å²) >= 11 is 0. The number of fused-ring (bicyclic) bond motifs is 1. The molecular weight excluding hydrogens is 260 g/mol. The Labute approximate surface area is 107 Å². The van der Waals surface area contributed by atoms with Crippen LogP contribution in [0.1, 0.15) is 25.5 Å². The molecule has 19 heavy (non-hydrogen) atoms. The molecule has 1 N–H and O–H groups in total. The molecule has 0 aliphatic heterocycles. The van der Waals surface area contributed by atoms with E-state index >= 15 is 0 Å². The molecule has 2 nitrogen and oxygen atoms in total. The third-order valence-corrected chi connectivity index (χ3v) is 2.67. The van der Waals surface area contributed by atoms with Crippen molar-refractivity contribution in [2.45, 2.75) is 19.8 Å². The smallest absolute Gasteiger partial charge is 0.280 e. The van der Waals surface area contributed by atoms with Crippen LogP contribution in [0, 0.1) is 11.6 Å². The number of benzene rings is 1. The number of hydrogen-bond acceptors (Lipinski definition) is 2. The number of nitrogens with one attached hydrogen (secondary N) is 1. The lowest BCUT2D eigenvalue weighted by atomic mass is 10.1. The van der Waals surface area contributed by atoms with Gasteiger partial charge in [-0.1, -0.05) is 6.92 Å². The number of hydrogen-bond donors (Lipinski definition) is 1.